The molecule has 31 heavy (non-hydrogen) atoms. The summed E-state index contributed by atoms with van der Waals surface area (Å²) < 4.78 is 18.7. The van der Waals surface area contributed by atoms with Crippen LogP contribution in [-0.4, -0.2) is 18.7 Å². The highest BCUT2D eigenvalue weighted by Gasteiger charge is 2.23. The zero-order valence-electron chi connectivity index (χ0n) is 17.1. The number of fused-ring (bicyclic) bond motifs is 1. The first-order valence-corrected chi connectivity index (χ1v) is 10.4. The van der Waals surface area contributed by atoms with E-state index in [0.29, 0.717) is 16.4 Å². The van der Waals surface area contributed by atoms with E-state index in [1.807, 2.05) is 0 Å². The van der Waals surface area contributed by atoms with Crippen LogP contribution in [0.2, 0.25) is 10.0 Å². The third-order valence-electron chi connectivity index (χ3n) is 5.16. The van der Waals surface area contributed by atoms with Gasteiger partial charge in [-0.25, -0.2) is 14.2 Å². The molecule has 0 atom stereocenters. The van der Waals surface area contributed by atoms with Gasteiger partial charge in [-0.05, 0) is 38.1 Å². The highest BCUT2D eigenvalue weighted by molar-refractivity contribution is 6.31. The molecule has 2 heterocycles. The van der Waals surface area contributed by atoms with Crippen molar-refractivity contribution in [2.24, 2.45) is 7.05 Å². The fraction of sp³-hybridized carbons (Fsp3) is 0.227. The van der Waals surface area contributed by atoms with Gasteiger partial charge in [-0.1, -0.05) is 41.4 Å². The van der Waals surface area contributed by atoms with Crippen LogP contribution in [0.1, 0.15) is 25.5 Å². The van der Waals surface area contributed by atoms with Crippen LogP contribution in [0.5, 0.6) is 0 Å². The molecule has 0 spiro atoms. The standard InChI is InChI=1S/C22H19Cl2FN4O2/c1-12(2)29-21(30)18-20(27(3)22(29)31)26-19(13-6-4-7-14(23)10-13)28(18)11-15-16(24)8-5-9-17(15)25/h4-10,12H,11H2,1-3H3. The van der Waals surface area contributed by atoms with E-state index in [1.54, 1.807) is 55.8 Å². The fourth-order valence-electron chi connectivity index (χ4n) is 3.64. The third-order valence-corrected chi connectivity index (χ3v) is 5.75. The Morgan fingerprint density at radius 1 is 1.10 bits per heavy atom. The average molecular weight is 461 g/mol. The molecule has 0 fully saturated rings. The maximum Gasteiger partial charge on any atom is 0.332 e. The van der Waals surface area contributed by atoms with Crippen LogP contribution in [0.25, 0.3) is 22.6 Å². The van der Waals surface area contributed by atoms with Gasteiger partial charge < -0.3 is 4.57 Å². The molecule has 9 heteroatoms. The smallest absolute Gasteiger partial charge is 0.313 e. The Hall–Kier alpha value is -2.90. The normalized spacial score (nSPS) is 11.6. The molecule has 6 nitrogen and oxygen atoms in total. The van der Waals surface area contributed by atoms with E-state index in [2.05, 4.69) is 4.98 Å². The molecule has 0 aliphatic heterocycles. The van der Waals surface area contributed by atoms with Gasteiger partial charge in [0, 0.05) is 34.3 Å². The summed E-state index contributed by atoms with van der Waals surface area (Å²) in [5.41, 5.74) is 0.259. The van der Waals surface area contributed by atoms with Gasteiger partial charge >= 0.3 is 5.69 Å². The van der Waals surface area contributed by atoms with Gasteiger partial charge in [-0.15, -0.1) is 0 Å². The van der Waals surface area contributed by atoms with Crippen LogP contribution in [0.3, 0.4) is 0 Å². The molecule has 0 saturated carbocycles. The molecule has 0 unspecified atom stereocenters. The zero-order chi connectivity index (χ0) is 22.4. The highest BCUT2D eigenvalue weighted by Crippen LogP contribution is 2.28. The fourth-order valence-corrected chi connectivity index (χ4v) is 4.05. The Balaban J connectivity index is 2.13. The van der Waals surface area contributed by atoms with Crippen molar-refractivity contribution >= 4 is 34.4 Å². The van der Waals surface area contributed by atoms with Gasteiger partial charge in [0.15, 0.2) is 11.2 Å². The number of hydrogen-bond donors (Lipinski definition) is 0. The van der Waals surface area contributed by atoms with E-state index in [4.69, 9.17) is 23.2 Å². The number of aryl methyl sites for hydroxylation is 1. The van der Waals surface area contributed by atoms with Crippen LogP contribution in [0.4, 0.5) is 4.39 Å². The van der Waals surface area contributed by atoms with Crippen molar-refractivity contribution in [1.29, 1.82) is 0 Å². The summed E-state index contributed by atoms with van der Waals surface area (Å²) in [6, 6.07) is 11.0. The lowest BCUT2D eigenvalue weighted by atomic mass is 10.2. The zero-order valence-corrected chi connectivity index (χ0v) is 18.6. The largest absolute Gasteiger partial charge is 0.332 e. The molecular formula is C22H19Cl2FN4O2. The lowest BCUT2D eigenvalue weighted by molar-refractivity contribution is 0.529. The summed E-state index contributed by atoms with van der Waals surface area (Å²) in [5, 5.41) is 0.710. The molecule has 0 N–H and O–H groups in total. The summed E-state index contributed by atoms with van der Waals surface area (Å²) in [4.78, 5) is 30.8. The van der Waals surface area contributed by atoms with Crippen molar-refractivity contribution in [3.63, 3.8) is 0 Å². The number of benzene rings is 2. The number of nitrogens with zero attached hydrogens (tertiary/aromatic N) is 4. The van der Waals surface area contributed by atoms with Crippen molar-refractivity contribution < 1.29 is 4.39 Å². The first kappa shape index (κ1) is 21.3. The predicted octanol–water partition coefficient (Wildman–Crippen LogP) is 4.64. The van der Waals surface area contributed by atoms with E-state index in [9.17, 15) is 14.0 Å². The first-order chi connectivity index (χ1) is 14.7. The van der Waals surface area contributed by atoms with Crippen molar-refractivity contribution in [2.75, 3.05) is 0 Å². The van der Waals surface area contributed by atoms with Crippen molar-refractivity contribution in [3.05, 3.63) is 84.7 Å². The second-order valence-electron chi connectivity index (χ2n) is 7.51. The van der Waals surface area contributed by atoms with E-state index in [-0.39, 0.29) is 34.3 Å². The second-order valence-corrected chi connectivity index (χ2v) is 8.36. The van der Waals surface area contributed by atoms with Gasteiger partial charge in [-0.3, -0.25) is 13.9 Å². The Morgan fingerprint density at radius 3 is 2.45 bits per heavy atom. The van der Waals surface area contributed by atoms with E-state index >= 15 is 0 Å². The Morgan fingerprint density at radius 2 is 1.81 bits per heavy atom. The molecule has 0 aliphatic rings. The minimum absolute atomic E-state index is 0.0462. The minimum atomic E-state index is -0.500. The number of aromatic nitrogens is 4. The first-order valence-electron chi connectivity index (χ1n) is 9.61. The molecule has 0 amide bonds. The number of rotatable bonds is 4. The SMILES string of the molecule is CC(C)n1c(=O)c2c(nc(-c3cccc(Cl)c3)n2Cc2c(F)cccc2Cl)n(C)c1=O. The van der Waals surface area contributed by atoms with Gasteiger partial charge in [0.1, 0.15) is 11.6 Å². The maximum atomic E-state index is 14.6. The lowest BCUT2D eigenvalue weighted by Gasteiger charge is -2.14. The van der Waals surface area contributed by atoms with E-state index in [0.717, 1.165) is 4.57 Å². The van der Waals surface area contributed by atoms with Crippen molar-refractivity contribution in [3.8, 4) is 11.4 Å². The molecule has 4 rings (SSSR count). The predicted molar refractivity (Wildman–Crippen MR) is 121 cm³/mol. The molecule has 2 aromatic heterocycles. The van der Waals surface area contributed by atoms with E-state index < -0.39 is 17.1 Å². The van der Waals surface area contributed by atoms with Crippen LogP contribution >= 0.6 is 23.2 Å². The second kappa shape index (κ2) is 7.98. The summed E-state index contributed by atoms with van der Waals surface area (Å²) in [6.07, 6.45) is 0. The Bertz CT molecular complexity index is 1420. The van der Waals surface area contributed by atoms with Crippen molar-refractivity contribution in [2.45, 2.75) is 26.4 Å². The Kier molecular flexibility index (Phi) is 5.49. The summed E-state index contributed by atoms with van der Waals surface area (Å²) >= 11 is 12.4. The van der Waals surface area contributed by atoms with E-state index in [1.165, 1.54) is 16.7 Å². The molecular weight excluding hydrogens is 442 g/mol. The van der Waals surface area contributed by atoms with Gasteiger partial charge in [0.2, 0.25) is 0 Å². The average Bonchev–Trinajstić information content (AvgIpc) is 3.09. The minimum Gasteiger partial charge on any atom is -0.313 e. The highest BCUT2D eigenvalue weighted by atomic mass is 35.5. The van der Waals surface area contributed by atoms with Gasteiger partial charge in [0.25, 0.3) is 5.56 Å². The monoisotopic (exact) mass is 460 g/mol. The van der Waals surface area contributed by atoms with Gasteiger partial charge in [0.05, 0.1) is 6.54 Å². The molecule has 4 aromatic rings. The Labute approximate surface area is 187 Å². The lowest BCUT2D eigenvalue weighted by Crippen LogP contribution is -2.40. The molecule has 0 radical (unpaired) electrons. The number of imidazole rings is 1. The molecule has 0 saturated heterocycles. The topological polar surface area (TPSA) is 61.8 Å². The molecule has 0 aliphatic carbocycles. The summed E-state index contributed by atoms with van der Waals surface area (Å²) in [7, 11) is 1.55. The van der Waals surface area contributed by atoms with Crippen LogP contribution in [0.15, 0.2) is 52.1 Å². The molecule has 2 aromatic carbocycles. The quantitative estimate of drug-likeness (QED) is 0.445. The third kappa shape index (κ3) is 3.58. The maximum absolute atomic E-state index is 14.6. The molecule has 160 valence electrons. The summed E-state index contributed by atoms with van der Waals surface area (Å²) in [6.45, 7) is 3.46. The number of hydrogen-bond acceptors (Lipinski definition) is 3. The molecule has 0 bridgehead atoms. The van der Waals surface area contributed by atoms with Gasteiger partial charge in [-0.2, -0.15) is 0 Å². The van der Waals surface area contributed by atoms with Crippen LogP contribution in [0, 0.1) is 5.82 Å². The van der Waals surface area contributed by atoms with Crippen LogP contribution < -0.4 is 11.2 Å². The van der Waals surface area contributed by atoms with Crippen LogP contribution in [-0.2, 0) is 13.6 Å². The number of halogens is 3. The van der Waals surface area contributed by atoms with Crippen molar-refractivity contribution in [1.82, 2.24) is 18.7 Å². The summed E-state index contributed by atoms with van der Waals surface area (Å²) in [5.74, 6) is -0.120.